The summed E-state index contributed by atoms with van der Waals surface area (Å²) in [6.45, 7) is 1.44. The lowest BCUT2D eigenvalue weighted by Crippen LogP contribution is -2.33. The summed E-state index contributed by atoms with van der Waals surface area (Å²) in [6.07, 6.45) is 3.35. The smallest absolute Gasteiger partial charge is 0.323 e. The van der Waals surface area contributed by atoms with Gasteiger partial charge in [0.05, 0.1) is 5.69 Å². The maximum Gasteiger partial charge on any atom is 0.323 e. The SMILES string of the molecule is Cn1nc(C2CC2)cc1NC(=O)N1CCC(c2ccccc2Cl)C1. The molecule has 1 aromatic carbocycles. The van der Waals surface area contributed by atoms with Gasteiger partial charge >= 0.3 is 6.03 Å². The number of aromatic nitrogens is 2. The van der Waals surface area contributed by atoms with Crippen molar-refractivity contribution in [1.82, 2.24) is 14.7 Å². The number of amides is 2. The predicted molar refractivity (Wildman–Crippen MR) is 94.6 cm³/mol. The Bertz CT molecular complexity index is 768. The third-order valence-electron chi connectivity index (χ3n) is 4.95. The van der Waals surface area contributed by atoms with Gasteiger partial charge in [-0.15, -0.1) is 0 Å². The van der Waals surface area contributed by atoms with Gasteiger partial charge in [0, 0.05) is 43.1 Å². The lowest BCUT2D eigenvalue weighted by atomic mass is 9.98. The summed E-state index contributed by atoms with van der Waals surface area (Å²) in [5.74, 6) is 1.65. The summed E-state index contributed by atoms with van der Waals surface area (Å²) in [5, 5.41) is 8.27. The van der Waals surface area contributed by atoms with Crippen LogP contribution in [0, 0.1) is 0 Å². The zero-order chi connectivity index (χ0) is 16.7. The Labute approximate surface area is 146 Å². The van der Waals surface area contributed by atoms with E-state index in [0.717, 1.165) is 35.1 Å². The first-order chi connectivity index (χ1) is 11.6. The summed E-state index contributed by atoms with van der Waals surface area (Å²) in [7, 11) is 1.87. The van der Waals surface area contributed by atoms with Gasteiger partial charge in [0.1, 0.15) is 5.82 Å². The summed E-state index contributed by atoms with van der Waals surface area (Å²) in [4.78, 5) is 14.4. The fourth-order valence-corrected chi connectivity index (χ4v) is 3.67. The van der Waals surface area contributed by atoms with Crippen LogP contribution in [0.4, 0.5) is 10.6 Å². The molecule has 126 valence electrons. The van der Waals surface area contributed by atoms with Crippen molar-refractivity contribution in [3.63, 3.8) is 0 Å². The fourth-order valence-electron chi connectivity index (χ4n) is 3.38. The average Bonchev–Trinajstić information content (AvgIpc) is 3.19. The minimum absolute atomic E-state index is 0.0603. The van der Waals surface area contributed by atoms with Gasteiger partial charge in [-0.25, -0.2) is 4.79 Å². The van der Waals surface area contributed by atoms with E-state index in [-0.39, 0.29) is 6.03 Å². The molecule has 2 heterocycles. The van der Waals surface area contributed by atoms with Gasteiger partial charge in [0.15, 0.2) is 0 Å². The first-order valence-corrected chi connectivity index (χ1v) is 8.84. The van der Waals surface area contributed by atoms with Crippen molar-refractivity contribution in [2.75, 3.05) is 18.4 Å². The van der Waals surface area contributed by atoms with E-state index >= 15 is 0 Å². The minimum Gasteiger partial charge on any atom is -0.324 e. The number of halogens is 1. The third-order valence-corrected chi connectivity index (χ3v) is 5.29. The number of carbonyl (C=O) groups excluding carboxylic acids is 1. The molecule has 6 heteroatoms. The van der Waals surface area contributed by atoms with Crippen LogP contribution in [-0.2, 0) is 7.05 Å². The van der Waals surface area contributed by atoms with Crippen LogP contribution in [0.15, 0.2) is 30.3 Å². The Kier molecular flexibility index (Phi) is 3.96. The molecule has 1 aliphatic carbocycles. The molecule has 1 unspecified atom stereocenters. The van der Waals surface area contributed by atoms with E-state index in [2.05, 4.69) is 16.5 Å². The third kappa shape index (κ3) is 3.00. The molecule has 2 aliphatic rings. The molecule has 0 spiro atoms. The Hall–Kier alpha value is -2.01. The van der Waals surface area contributed by atoms with Gasteiger partial charge in [0.2, 0.25) is 0 Å². The zero-order valence-electron chi connectivity index (χ0n) is 13.7. The minimum atomic E-state index is -0.0603. The average molecular weight is 345 g/mol. The molecular weight excluding hydrogens is 324 g/mol. The first-order valence-electron chi connectivity index (χ1n) is 8.46. The molecular formula is C18H21ClN4O. The van der Waals surface area contributed by atoms with Crippen LogP contribution in [-0.4, -0.2) is 33.8 Å². The van der Waals surface area contributed by atoms with Crippen molar-refractivity contribution in [3.05, 3.63) is 46.6 Å². The molecule has 5 nitrogen and oxygen atoms in total. The number of rotatable bonds is 3. The highest BCUT2D eigenvalue weighted by molar-refractivity contribution is 6.31. The van der Waals surface area contributed by atoms with E-state index in [4.69, 9.17) is 11.6 Å². The maximum atomic E-state index is 12.6. The number of carbonyl (C=O) groups is 1. The van der Waals surface area contributed by atoms with E-state index in [9.17, 15) is 4.79 Å². The molecule has 1 aliphatic heterocycles. The normalized spacial score (nSPS) is 20.4. The van der Waals surface area contributed by atoms with Crippen molar-refractivity contribution >= 4 is 23.4 Å². The predicted octanol–water partition coefficient (Wildman–Crippen LogP) is 3.97. The van der Waals surface area contributed by atoms with Crippen molar-refractivity contribution in [1.29, 1.82) is 0 Å². The molecule has 4 rings (SSSR count). The lowest BCUT2D eigenvalue weighted by molar-refractivity contribution is 0.222. The molecule has 2 amide bonds. The van der Waals surface area contributed by atoms with Gasteiger partial charge in [-0.05, 0) is 30.9 Å². The second-order valence-corrected chi connectivity index (χ2v) is 7.14. The van der Waals surface area contributed by atoms with E-state index < -0.39 is 0 Å². The van der Waals surface area contributed by atoms with Crippen molar-refractivity contribution in [2.24, 2.45) is 7.05 Å². The molecule has 2 aromatic rings. The van der Waals surface area contributed by atoms with Gasteiger partial charge in [-0.1, -0.05) is 29.8 Å². The molecule has 24 heavy (non-hydrogen) atoms. The highest BCUT2D eigenvalue weighted by Gasteiger charge is 2.30. The molecule has 1 saturated heterocycles. The summed E-state index contributed by atoms with van der Waals surface area (Å²) in [6, 6.07) is 9.84. The van der Waals surface area contributed by atoms with Crippen LogP contribution >= 0.6 is 11.6 Å². The maximum absolute atomic E-state index is 12.6. The monoisotopic (exact) mass is 344 g/mol. The molecule has 1 N–H and O–H groups in total. The number of anilines is 1. The Morgan fingerprint density at radius 1 is 1.25 bits per heavy atom. The summed E-state index contributed by atoms with van der Waals surface area (Å²) < 4.78 is 1.76. The van der Waals surface area contributed by atoms with E-state index in [1.807, 2.05) is 36.2 Å². The second-order valence-electron chi connectivity index (χ2n) is 6.74. The Morgan fingerprint density at radius 3 is 2.79 bits per heavy atom. The topological polar surface area (TPSA) is 50.2 Å². The van der Waals surface area contributed by atoms with Gasteiger partial charge in [-0.3, -0.25) is 10.00 Å². The molecule has 1 saturated carbocycles. The number of hydrogen-bond acceptors (Lipinski definition) is 2. The number of aryl methyl sites for hydroxylation is 1. The molecule has 1 atom stereocenters. The first kappa shape index (κ1) is 15.5. The van der Waals surface area contributed by atoms with Gasteiger partial charge in [0.25, 0.3) is 0 Å². The summed E-state index contributed by atoms with van der Waals surface area (Å²) >= 11 is 6.29. The van der Waals surface area contributed by atoms with Crippen LogP contribution in [0.5, 0.6) is 0 Å². The zero-order valence-corrected chi connectivity index (χ0v) is 14.5. The number of nitrogens with one attached hydrogen (secondary N) is 1. The fraction of sp³-hybridized carbons (Fsp3) is 0.444. The van der Waals surface area contributed by atoms with Gasteiger partial charge < -0.3 is 4.90 Å². The van der Waals surface area contributed by atoms with E-state index in [1.54, 1.807) is 4.68 Å². The van der Waals surface area contributed by atoms with Crippen molar-refractivity contribution < 1.29 is 4.79 Å². The Morgan fingerprint density at radius 2 is 2.04 bits per heavy atom. The molecule has 1 aromatic heterocycles. The highest BCUT2D eigenvalue weighted by atomic mass is 35.5. The Balaban J connectivity index is 1.41. The number of likely N-dealkylation sites (tertiary alicyclic amines) is 1. The number of nitrogens with zero attached hydrogens (tertiary/aromatic N) is 3. The van der Waals surface area contributed by atoms with E-state index in [1.165, 1.54) is 12.8 Å². The highest BCUT2D eigenvalue weighted by Crippen LogP contribution is 2.40. The van der Waals surface area contributed by atoms with Crippen LogP contribution in [0.25, 0.3) is 0 Å². The second kappa shape index (κ2) is 6.13. The van der Waals surface area contributed by atoms with Crippen LogP contribution in [0.2, 0.25) is 5.02 Å². The molecule has 0 bridgehead atoms. The van der Waals surface area contributed by atoms with E-state index in [0.29, 0.717) is 18.4 Å². The van der Waals surface area contributed by atoms with Crippen molar-refractivity contribution in [3.8, 4) is 0 Å². The number of benzene rings is 1. The molecule has 2 fully saturated rings. The largest absolute Gasteiger partial charge is 0.324 e. The number of urea groups is 1. The van der Waals surface area contributed by atoms with Crippen LogP contribution in [0.1, 0.15) is 42.4 Å². The van der Waals surface area contributed by atoms with Crippen LogP contribution < -0.4 is 5.32 Å². The van der Waals surface area contributed by atoms with Gasteiger partial charge in [-0.2, -0.15) is 5.10 Å². The van der Waals surface area contributed by atoms with Crippen LogP contribution in [0.3, 0.4) is 0 Å². The summed E-state index contributed by atoms with van der Waals surface area (Å²) in [5.41, 5.74) is 2.22. The standard InChI is InChI=1S/C18H21ClN4O/c1-22-17(10-16(21-22)12-6-7-12)20-18(24)23-9-8-13(11-23)14-4-2-3-5-15(14)19/h2-5,10,12-13H,6-9,11H2,1H3,(H,20,24). The quantitative estimate of drug-likeness (QED) is 0.915. The van der Waals surface area contributed by atoms with Crippen molar-refractivity contribution in [2.45, 2.75) is 31.1 Å². The molecule has 0 radical (unpaired) electrons. The lowest BCUT2D eigenvalue weighted by Gasteiger charge is -2.18. The number of hydrogen-bond donors (Lipinski definition) is 1.